The quantitative estimate of drug-likeness (QED) is 0.756. The van der Waals surface area contributed by atoms with Crippen LogP contribution in [-0.4, -0.2) is 32.0 Å². The Morgan fingerprint density at radius 2 is 2.23 bits per heavy atom. The zero-order chi connectivity index (χ0) is 18.1. The fourth-order valence-corrected chi connectivity index (χ4v) is 3.58. The summed E-state index contributed by atoms with van der Waals surface area (Å²) in [5.74, 6) is 0.532. The van der Waals surface area contributed by atoms with Gasteiger partial charge in [-0.2, -0.15) is 10.2 Å². The summed E-state index contributed by atoms with van der Waals surface area (Å²) >= 11 is 0. The van der Waals surface area contributed by atoms with E-state index in [2.05, 4.69) is 33.0 Å². The molecule has 0 saturated carbocycles. The molecule has 0 saturated heterocycles. The molecule has 0 spiro atoms. The number of fused-ring (bicyclic) bond motifs is 1. The van der Waals surface area contributed by atoms with E-state index in [0.29, 0.717) is 23.6 Å². The number of aryl methyl sites for hydroxylation is 2. The standard InChI is InChI=1S/C19H22N6O/c1-13-17(19(24(2)23-13)25-11-5-10-22-25)18(26)21-12-14-6-3-8-16-15(14)7-4-9-20-16/h3,5-6,8,10-11,20H,4,7,9,12H2,1-2H3,(H,21,26). The van der Waals surface area contributed by atoms with E-state index in [1.165, 1.54) is 11.3 Å². The number of nitrogens with zero attached hydrogens (tertiary/aromatic N) is 4. The van der Waals surface area contributed by atoms with E-state index in [0.717, 1.165) is 24.9 Å². The molecule has 1 aromatic carbocycles. The Bertz CT molecular complexity index is 941. The molecule has 4 rings (SSSR count). The highest BCUT2D eigenvalue weighted by molar-refractivity contribution is 5.98. The lowest BCUT2D eigenvalue weighted by atomic mass is 9.97. The van der Waals surface area contributed by atoms with Gasteiger partial charge in [0.1, 0.15) is 5.56 Å². The normalized spacial score (nSPS) is 13.2. The summed E-state index contributed by atoms with van der Waals surface area (Å²) in [7, 11) is 1.82. The van der Waals surface area contributed by atoms with Crippen molar-refractivity contribution in [3.8, 4) is 5.82 Å². The third-order valence-electron chi connectivity index (χ3n) is 4.77. The lowest BCUT2D eigenvalue weighted by Crippen LogP contribution is -2.26. The summed E-state index contributed by atoms with van der Waals surface area (Å²) < 4.78 is 3.36. The van der Waals surface area contributed by atoms with Gasteiger partial charge in [-0.25, -0.2) is 9.36 Å². The summed E-state index contributed by atoms with van der Waals surface area (Å²) in [5, 5.41) is 15.1. The number of anilines is 1. The van der Waals surface area contributed by atoms with Crippen LogP contribution in [0.2, 0.25) is 0 Å². The van der Waals surface area contributed by atoms with E-state index < -0.39 is 0 Å². The van der Waals surface area contributed by atoms with E-state index in [1.54, 1.807) is 15.6 Å². The van der Waals surface area contributed by atoms with E-state index in [4.69, 9.17) is 0 Å². The van der Waals surface area contributed by atoms with Crippen molar-refractivity contribution in [2.45, 2.75) is 26.3 Å². The molecular weight excluding hydrogens is 328 g/mol. The molecule has 1 aliphatic rings. The number of carbonyl (C=O) groups excluding carboxylic acids is 1. The van der Waals surface area contributed by atoms with Crippen molar-refractivity contribution >= 4 is 11.6 Å². The molecule has 7 nitrogen and oxygen atoms in total. The summed E-state index contributed by atoms with van der Waals surface area (Å²) in [6.45, 7) is 3.34. The molecule has 0 aliphatic carbocycles. The molecule has 0 atom stereocenters. The zero-order valence-electron chi connectivity index (χ0n) is 15.0. The number of hydrogen-bond acceptors (Lipinski definition) is 4. The minimum absolute atomic E-state index is 0.137. The predicted molar refractivity (Wildman–Crippen MR) is 99.5 cm³/mol. The van der Waals surface area contributed by atoms with E-state index in [9.17, 15) is 4.79 Å². The van der Waals surface area contributed by atoms with Crippen molar-refractivity contribution in [1.29, 1.82) is 0 Å². The van der Waals surface area contributed by atoms with Gasteiger partial charge in [0.15, 0.2) is 5.82 Å². The Labute approximate surface area is 152 Å². The maximum Gasteiger partial charge on any atom is 0.257 e. The van der Waals surface area contributed by atoms with Crippen LogP contribution in [0.25, 0.3) is 5.82 Å². The predicted octanol–water partition coefficient (Wildman–Crippen LogP) is 2.20. The Kier molecular flexibility index (Phi) is 4.20. The fourth-order valence-electron chi connectivity index (χ4n) is 3.58. The van der Waals surface area contributed by atoms with Crippen molar-refractivity contribution in [1.82, 2.24) is 24.9 Å². The molecule has 1 amide bonds. The Hall–Kier alpha value is -3.09. The van der Waals surface area contributed by atoms with Crippen LogP contribution in [0.3, 0.4) is 0 Å². The molecule has 3 aromatic rings. The van der Waals surface area contributed by atoms with Gasteiger partial charge in [-0.15, -0.1) is 0 Å². The Balaban J connectivity index is 1.59. The lowest BCUT2D eigenvalue weighted by Gasteiger charge is -2.21. The van der Waals surface area contributed by atoms with Gasteiger partial charge in [-0.05, 0) is 43.0 Å². The average molecular weight is 350 g/mol. The summed E-state index contributed by atoms with van der Waals surface area (Å²) in [6.07, 6.45) is 5.65. The Morgan fingerprint density at radius 1 is 1.35 bits per heavy atom. The maximum absolute atomic E-state index is 12.9. The van der Waals surface area contributed by atoms with Crippen LogP contribution in [0, 0.1) is 6.92 Å². The smallest absolute Gasteiger partial charge is 0.257 e. The third-order valence-corrected chi connectivity index (χ3v) is 4.77. The first-order chi connectivity index (χ1) is 12.6. The number of aromatic nitrogens is 4. The summed E-state index contributed by atoms with van der Waals surface area (Å²) in [5.41, 5.74) is 4.88. The SMILES string of the molecule is Cc1nn(C)c(-n2cccn2)c1C(=O)NCc1cccc2c1CCCN2. The van der Waals surface area contributed by atoms with Gasteiger partial charge in [-0.1, -0.05) is 12.1 Å². The first-order valence-electron chi connectivity index (χ1n) is 8.81. The van der Waals surface area contributed by atoms with Crippen LogP contribution in [0.5, 0.6) is 0 Å². The molecule has 0 radical (unpaired) electrons. The van der Waals surface area contributed by atoms with E-state index >= 15 is 0 Å². The maximum atomic E-state index is 12.9. The molecule has 26 heavy (non-hydrogen) atoms. The second-order valence-corrected chi connectivity index (χ2v) is 6.51. The van der Waals surface area contributed by atoms with Crippen molar-refractivity contribution < 1.29 is 4.79 Å². The number of rotatable bonds is 4. The first-order valence-corrected chi connectivity index (χ1v) is 8.81. The van der Waals surface area contributed by atoms with Gasteiger partial charge < -0.3 is 10.6 Å². The number of hydrogen-bond donors (Lipinski definition) is 2. The second-order valence-electron chi connectivity index (χ2n) is 6.51. The van der Waals surface area contributed by atoms with Crippen molar-refractivity contribution in [2.75, 3.05) is 11.9 Å². The molecule has 7 heteroatoms. The largest absolute Gasteiger partial charge is 0.385 e. The molecule has 1 aliphatic heterocycles. The van der Waals surface area contributed by atoms with Gasteiger partial charge in [-0.3, -0.25) is 4.79 Å². The second kappa shape index (κ2) is 6.67. The van der Waals surface area contributed by atoms with E-state index in [-0.39, 0.29) is 5.91 Å². The molecule has 3 heterocycles. The monoisotopic (exact) mass is 350 g/mol. The van der Waals surface area contributed by atoms with Crippen molar-refractivity contribution in [3.05, 3.63) is 59.0 Å². The van der Waals surface area contributed by atoms with Crippen molar-refractivity contribution in [2.24, 2.45) is 7.05 Å². The van der Waals surface area contributed by atoms with Gasteiger partial charge >= 0.3 is 0 Å². The highest BCUT2D eigenvalue weighted by atomic mass is 16.1. The van der Waals surface area contributed by atoms with Crippen LogP contribution in [0.1, 0.15) is 33.6 Å². The average Bonchev–Trinajstić information content (AvgIpc) is 3.26. The molecule has 0 unspecified atom stereocenters. The molecule has 0 fully saturated rings. The fraction of sp³-hybridized carbons (Fsp3) is 0.316. The van der Waals surface area contributed by atoms with Gasteiger partial charge in [0.25, 0.3) is 5.91 Å². The van der Waals surface area contributed by atoms with Crippen molar-refractivity contribution in [3.63, 3.8) is 0 Å². The molecular formula is C19H22N6O. The molecule has 2 N–H and O–H groups in total. The van der Waals surface area contributed by atoms with Crippen LogP contribution >= 0.6 is 0 Å². The highest BCUT2D eigenvalue weighted by Crippen LogP contribution is 2.25. The number of amides is 1. The van der Waals surface area contributed by atoms with Crippen LogP contribution in [-0.2, 0) is 20.0 Å². The number of nitrogens with one attached hydrogen (secondary N) is 2. The van der Waals surface area contributed by atoms with Gasteiger partial charge in [0.05, 0.1) is 5.69 Å². The van der Waals surface area contributed by atoms with E-state index in [1.807, 2.05) is 32.3 Å². The molecule has 2 aromatic heterocycles. The van der Waals surface area contributed by atoms with Gasteiger partial charge in [0.2, 0.25) is 0 Å². The number of benzene rings is 1. The highest BCUT2D eigenvalue weighted by Gasteiger charge is 2.22. The first kappa shape index (κ1) is 16.4. The topological polar surface area (TPSA) is 76.8 Å². The van der Waals surface area contributed by atoms with Gasteiger partial charge in [0, 0.05) is 38.2 Å². The molecule has 0 bridgehead atoms. The minimum atomic E-state index is -0.137. The summed E-state index contributed by atoms with van der Waals surface area (Å²) in [6, 6.07) is 8.04. The zero-order valence-corrected chi connectivity index (χ0v) is 15.0. The summed E-state index contributed by atoms with van der Waals surface area (Å²) in [4.78, 5) is 12.9. The van der Waals surface area contributed by atoms with Crippen LogP contribution < -0.4 is 10.6 Å². The Morgan fingerprint density at radius 3 is 3.04 bits per heavy atom. The minimum Gasteiger partial charge on any atom is -0.385 e. The lowest BCUT2D eigenvalue weighted by molar-refractivity contribution is 0.0950. The third kappa shape index (κ3) is 2.85. The number of carbonyl (C=O) groups is 1. The molecule has 134 valence electrons. The van der Waals surface area contributed by atoms with Crippen LogP contribution in [0.15, 0.2) is 36.7 Å². The van der Waals surface area contributed by atoms with Crippen LogP contribution in [0.4, 0.5) is 5.69 Å².